The predicted octanol–water partition coefficient (Wildman–Crippen LogP) is 4.25. The van der Waals surface area contributed by atoms with E-state index in [-0.39, 0.29) is 22.2 Å². The van der Waals surface area contributed by atoms with Crippen LogP contribution in [0.4, 0.5) is 5.82 Å². The molecule has 32 heavy (non-hydrogen) atoms. The zero-order valence-corrected chi connectivity index (χ0v) is 18.2. The summed E-state index contributed by atoms with van der Waals surface area (Å²) in [5, 5.41) is 4.48. The predicted molar refractivity (Wildman–Crippen MR) is 119 cm³/mol. The highest BCUT2D eigenvalue weighted by molar-refractivity contribution is 7.93. The summed E-state index contributed by atoms with van der Waals surface area (Å²) in [6.45, 7) is 0.492. The van der Waals surface area contributed by atoms with Crippen LogP contribution >= 0.6 is 0 Å². The van der Waals surface area contributed by atoms with E-state index in [0.717, 1.165) is 16.7 Å². The van der Waals surface area contributed by atoms with E-state index < -0.39 is 10.0 Å². The van der Waals surface area contributed by atoms with Crippen LogP contribution in [-0.2, 0) is 16.4 Å². The molecule has 1 aliphatic heterocycles. The van der Waals surface area contributed by atoms with Crippen LogP contribution in [0, 0.1) is 0 Å². The molecule has 0 aliphatic carbocycles. The van der Waals surface area contributed by atoms with Crippen LogP contribution in [-0.4, -0.2) is 34.4 Å². The van der Waals surface area contributed by atoms with Crippen molar-refractivity contribution >= 4 is 26.8 Å². The number of hydrogen-bond acceptors (Lipinski definition) is 7. The molecular weight excluding hydrogens is 432 g/mol. The smallest absolute Gasteiger partial charge is 0.270 e. The van der Waals surface area contributed by atoms with Gasteiger partial charge in [0, 0.05) is 12.0 Å². The van der Waals surface area contributed by atoms with Gasteiger partial charge in [-0.3, -0.25) is 4.72 Å². The molecule has 0 unspecified atom stereocenters. The molecule has 2 heterocycles. The molecule has 0 fully saturated rings. The molecular formula is C23H20N2O6S. The van der Waals surface area contributed by atoms with Crippen LogP contribution in [0.1, 0.15) is 5.56 Å². The quantitative estimate of drug-likeness (QED) is 0.467. The molecule has 8 nitrogen and oxygen atoms in total. The van der Waals surface area contributed by atoms with Crippen LogP contribution < -0.4 is 18.9 Å². The molecule has 0 amide bonds. The Morgan fingerprint density at radius 2 is 1.72 bits per heavy atom. The molecule has 4 aromatic rings. The number of aromatic nitrogens is 1. The van der Waals surface area contributed by atoms with Crippen molar-refractivity contribution in [1.29, 1.82) is 0 Å². The van der Waals surface area contributed by atoms with Crippen molar-refractivity contribution in [3.05, 3.63) is 60.2 Å². The van der Waals surface area contributed by atoms with Gasteiger partial charge in [0.05, 0.1) is 20.8 Å². The van der Waals surface area contributed by atoms with Gasteiger partial charge < -0.3 is 18.7 Å². The second-order valence-corrected chi connectivity index (χ2v) is 8.82. The van der Waals surface area contributed by atoms with Gasteiger partial charge in [-0.05, 0) is 29.3 Å². The number of ether oxygens (including phenoxy) is 3. The van der Waals surface area contributed by atoms with Gasteiger partial charge in [-0.15, -0.1) is 0 Å². The highest BCUT2D eigenvalue weighted by Gasteiger charge is 2.30. The molecule has 0 spiro atoms. The molecule has 9 heteroatoms. The number of sulfonamides is 1. The summed E-state index contributed by atoms with van der Waals surface area (Å²) in [4.78, 5) is -0.125. The molecule has 1 aromatic heterocycles. The number of methoxy groups -OCH3 is 2. The Labute approximate surface area is 184 Å². The summed E-state index contributed by atoms with van der Waals surface area (Å²) in [7, 11) is -1.33. The van der Waals surface area contributed by atoms with E-state index in [9.17, 15) is 8.42 Å². The Morgan fingerprint density at radius 3 is 2.41 bits per heavy atom. The topological polar surface area (TPSA) is 99.9 Å². The number of anilines is 1. The lowest BCUT2D eigenvalue weighted by molar-refractivity contribution is 0.360. The van der Waals surface area contributed by atoms with Crippen LogP contribution in [0.3, 0.4) is 0 Å². The number of nitrogens with one attached hydrogen (secondary N) is 1. The lowest BCUT2D eigenvalue weighted by Crippen LogP contribution is -2.15. The molecule has 3 aromatic carbocycles. The van der Waals surface area contributed by atoms with Crippen molar-refractivity contribution in [1.82, 2.24) is 5.16 Å². The zero-order chi connectivity index (χ0) is 22.3. The van der Waals surface area contributed by atoms with Crippen LogP contribution in [0.5, 0.6) is 17.2 Å². The molecule has 1 N–H and O–H groups in total. The molecule has 0 bridgehead atoms. The fourth-order valence-electron chi connectivity index (χ4n) is 3.98. The van der Waals surface area contributed by atoms with Gasteiger partial charge in [-0.2, -0.15) is 0 Å². The third-order valence-electron chi connectivity index (χ3n) is 5.39. The minimum Gasteiger partial charge on any atom is -0.495 e. The van der Waals surface area contributed by atoms with Crippen molar-refractivity contribution < 1.29 is 27.2 Å². The summed E-state index contributed by atoms with van der Waals surface area (Å²) < 4.78 is 51.0. The average molecular weight is 452 g/mol. The van der Waals surface area contributed by atoms with Gasteiger partial charge in [0.25, 0.3) is 10.0 Å². The van der Waals surface area contributed by atoms with Crippen LogP contribution in [0.15, 0.2) is 64.0 Å². The first-order chi connectivity index (χ1) is 15.5. The molecule has 0 atom stereocenters. The monoisotopic (exact) mass is 452 g/mol. The first kappa shape index (κ1) is 20.2. The largest absolute Gasteiger partial charge is 0.495 e. The first-order valence-corrected chi connectivity index (χ1v) is 11.4. The van der Waals surface area contributed by atoms with Gasteiger partial charge in [0.15, 0.2) is 16.3 Å². The molecule has 164 valence electrons. The maximum Gasteiger partial charge on any atom is 0.270 e. The van der Waals surface area contributed by atoms with E-state index >= 15 is 0 Å². The van der Waals surface area contributed by atoms with E-state index in [1.165, 1.54) is 14.2 Å². The van der Waals surface area contributed by atoms with Crippen molar-refractivity contribution in [2.24, 2.45) is 0 Å². The molecule has 1 aliphatic rings. The molecule has 0 saturated heterocycles. The summed E-state index contributed by atoms with van der Waals surface area (Å²) in [6.07, 6.45) is 0.702. The minimum atomic E-state index is -4.12. The lowest BCUT2D eigenvalue weighted by atomic mass is 9.96. The maximum atomic E-state index is 13.3. The lowest BCUT2D eigenvalue weighted by Gasteiger charge is -2.14. The summed E-state index contributed by atoms with van der Waals surface area (Å²) in [6, 6.07) is 16.5. The Morgan fingerprint density at radius 1 is 1.00 bits per heavy atom. The van der Waals surface area contributed by atoms with E-state index in [2.05, 4.69) is 9.88 Å². The Balaban J connectivity index is 1.64. The summed E-state index contributed by atoms with van der Waals surface area (Å²) >= 11 is 0. The fraction of sp³-hybridized carbons (Fsp3) is 0.174. The molecule has 5 rings (SSSR count). The van der Waals surface area contributed by atoms with Gasteiger partial charge in [-0.1, -0.05) is 41.6 Å². The fourth-order valence-corrected chi connectivity index (χ4v) is 5.31. The number of rotatable bonds is 6. The Bertz CT molecular complexity index is 1390. The average Bonchev–Trinajstić information content (AvgIpc) is 3.45. The number of fused-ring (bicyclic) bond motifs is 3. The first-order valence-electron chi connectivity index (χ1n) is 9.91. The Kier molecular flexibility index (Phi) is 4.90. The van der Waals surface area contributed by atoms with Gasteiger partial charge >= 0.3 is 0 Å². The third-order valence-corrected chi connectivity index (χ3v) is 6.79. The standard InChI is InChI=1S/C23H20N2O6S/c1-28-17-9-6-10-18(29-2)22(17)32(26,27)25-23-20-19(31-24-23)13-16(14-7-4-3-5-8-14)15-11-12-30-21(15)20/h3-10,13H,11-12H2,1-2H3,(H,24,25). The second kappa shape index (κ2) is 7.76. The second-order valence-electron chi connectivity index (χ2n) is 7.20. The molecule has 0 radical (unpaired) electrons. The highest BCUT2D eigenvalue weighted by atomic mass is 32.2. The van der Waals surface area contributed by atoms with Crippen molar-refractivity contribution in [3.63, 3.8) is 0 Å². The van der Waals surface area contributed by atoms with Gasteiger partial charge in [0.2, 0.25) is 0 Å². The van der Waals surface area contributed by atoms with E-state index in [4.69, 9.17) is 18.7 Å². The SMILES string of the molecule is COc1cccc(OC)c1S(=O)(=O)Nc1noc2cc(-c3ccccc3)c3c(c12)OCC3. The van der Waals surface area contributed by atoms with Crippen molar-refractivity contribution in [2.75, 3.05) is 25.5 Å². The molecule has 0 saturated carbocycles. The van der Waals surface area contributed by atoms with E-state index in [0.29, 0.717) is 29.7 Å². The maximum absolute atomic E-state index is 13.3. The van der Waals surface area contributed by atoms with Crippen molar-refractivity contribution in [2.45, 2.75) is 11.3 Å². The van der Waals surface area contributed by atoms with E-state index in [1.54, 1.807) is 18.2 Å². The minimum absolute atomic E-state index is 0.0470. The zero-order valence-electron chi connectivity index (χ0n) is 17.4. The van der Waals surface area contributed by atoms with Crippen LogP contribution in [0.2, 0.25) is 0 Å². The number of nitrogens with zero attached hydrogens (tertiary/aromatic N) is 1. The Hall–Kier alpha value is -3.72. The third kappa shape index (κ3) is 3.21. The normalized spacial score (nSPS) is 12.9. The van der Waals surface area contributed by atoms with Gasteiger partial charge in [0.1, 0.15) is 22.6 Å². The summed E-state index contributed by atoms with van der Waals surface area (Å²) in [5.41, 5.74) is 3.41. The summed E-state index contributed by atoms with van der Waals surface area (Å²) in [5.74, 6) is 0.924. The highest BCUT2D eigenvalue weighted by Crippen LogP contribution is 2.45. The van der Waals surface area contributed by atoms with Crippen molar-refractivity contribution in [3.8, 4) is 28.4 Å². The van der Waals surface area contributed by atoms with Gasteiger partial charge in [-0.25, -0.2) is 8.42 Å². The van der Waals surface area contributed by atoms with Crippen LogP contribution in [0.25, 0.3) is 22.1 Å². The number of benzene rings is 3. The van der Waals surface area contributed by atoms with E-state index in [1.807, 2.05) is 36.4 Å². The number of hydrogen-bond donors (Lipinski definition) is 1.